The van der Waals surface area contributed by atoms with Crippen LogP contribution in [-0.4, -0.2) is 42.9 Å². The van der Waals surface area contributed by atoms with Gasteiger partial charge in [-0.05, 0) is 68.5 Å². The van der Waals surface area contributed by atoms with Crippen molar-refractivity contribution < 1.29 is 14.3 Å². The van der Waals surface area contributed by atoms with Gasteiger partial charge in [0.15, 0.2) is 5.69 Å². The van der Waals surface area contributed by atoms with Gasteiger partial charge in [0.2, 0.25) is 0 Å². The molecule has 1 aliphatic carbocycles. The SMILES string of the molecule is COc1ccc(OCCNC(=O)c2ccc(NCCC3=CCCCC3)nn2)cc1. The minimum Gasteiger partial charge on any atom is -0.497 e. The fourth-order valence-corrected chi connectivity index (χ4v) is 3.13. The molecule has 1 aliphatic rings. The number of amides is 1. The first kappa shape index (κ1) is 20.6. The van der Waals surface area contributed by atoms with Gasteiger partial charge < -0.3 is 20.1 Å². The third-order valence-electron chi connectivity index (χ3n) is 4.75. The Balaban J connectivity index is 1.35. The summed E-state index contributed by atoms with van der Waals surface area (Å²) in [6.45, 7) is 1.57. The van der Waals surface area contributed by atoms with E-state index in [4.69, 9.17) is 9.47 Å². The van der Waals surface area contributed by atoms with E-state index in [1.165, 1.54) is 31.3 Å². The van der Waals surface area contributed by atoms with Gasteiger partial charge in [-0.15, -0.1) is 10.2 Å². The number of aromatic nitrogens is 2. The molecule has 154 valence electrons. The van der Waals surface area contributed by atoms with Gasteiger partial charge in [0.1, 0.15) is 23.9 Å². The Bertz CT molecular complexity index is 804. The highest BCUT2D eigenvalue weighted by Gasteiger charge is 2.08. The average molecular weight is 396 g/mol. The summed E-state index contributed by atoms with van der Waals surface area (Å²) in [4.78, 5) is 12.2. The van der Waals surface area contributed by atoms with Crippen LogP contribution in [0.5, 0.6) is 11.5 Å². The summed E-state index contributed by atoms with van der Waals surface area (Å²) in [5.74, 6) is 1.91. The van der Waals surface area contributed by atoms with Gasteiger partial charge in [-0.1, -0.05) is 11.6 Å². The van der Waals surface area contributed by atoms with Crippen molar-refractivity contribution in [1.82, 2.24) is 15.5 Å². The molecule has 7 nitrogen and oxygen atoms in total. The molecule has 29 heavy (non-hydrogen) atoms. The molecule has 3 rings (SSSR count). The Kier molecular flexibility index (Phi) is 7.86. The molecular weight excluding hydrogens is 368 g/mol. The highest BCUT2D eigenvalue weighted by Crippen LogP contribution is 2.20. The number of nitrogens with one attached hydrogen (secondary N) is 2. The number of ether oxygens (including phenoxy) is 2. The third kappa shape index (κ3) is 6.78. The normalized spacial score (nSPS) is 13.3. The van der Waals surface area contributed by atoms with Gasteiger partial charge in [-0.3, -0.25) is 4.79 Å². The Morgan fingerprint density at radius 3 is 2.55 bits per heavy atom. The zero-order chi connectivity index (χ0) is 20.3. The number of methoxy groups -OCH3 is 1. The third-order valence-corrected chi connectivity index (χ3v) is 4.75. The lowest BCUT2D eigenvalue weighted by Crippen LogP contribution is -2.29. The van der Waals surface area contributed by atoms with Gasteiger partial charge in [-0.2, -0.15) is 0 Å². The topological polar surface area (TPSA) is 85.4 Å². The van der Waals surface area contributed by atoms with Crippen LogP contribution in [0.4, 0.5) is 5.82 Å². The van der Waals surface area contributed by atoms with E-state index in [0.29, 0.717) is 19.0 Å². The van der Waals surface area contributed by atoms with E-state index >= 15 is 0 Å². The summed E-state index contributed by atoms with van der Waals surface area (Å²) < 4.78 is 10.7. The van der Waals surface area contributed by atoms with Gasteiger partial charge >= 0.3 is 0 Å². The smallest absolute Gasteiger partial charge is 0.271 e. The molecule has 1 aromatic heterocycles. The number of nitrogens with zero attached hydrogens (tertiary/aromatic N) is 2. The summed E-state index contributed by atoms with van der Waals surface area (Å²) in [5.41, 5.74) is 1.81. The maximum atomic E-state index is 12.2. The molecule has 1 amide bonds. The van der Waals surface area contributed by atoms with Crippen molar-refractivity contribution in [1.29, 1.82) is 0 Å². The standard InChI is InChI=1S/C22H28N4O3/c1-28-18-7-9-19(10-8-18)29-16-15-24-22(27)20-11-12-21(26-25-20)23-14-13-17-5-3-2-4-6-17/h5,7-12H,2-4,6,13-16H2,1H3,(H,23,26)(H,24,27). The van der Waals surface area contributed by atoms with Crippen LogP contribution >= 0.6 is 0 Å². The zero-order valence-corrected chi connectivity index (χ0v) is 16.8. The monoisotopic (exact) mass is 396 g/mol. The minimum absolute atomic E-state index is 0.269. The molecule has 0 fully saturated rings. The van der Waals surface area contributed by atoms with Gasteiger partial charge in [-0.25, -0.2) is 0 Å². The van der Waals surface area contributed by atoms with E-state index in [9.17, 15) is 4.79 Å². The van der Waals surface area contributed by atoms with Crippen molar-refractivity contribution in [2.45, 2.75) is 32.1 Å². The molecule has 2 N–H and O–H groups in total. The molecule has 0 unspecified atom stereocenters. The number of carbonyl (C=O) groups excluding carboxylic acids is 1. The first-order valence-electron chi connectivity index (χ1n) is 10.0. The minimum atomic E-state index is -0.269. The first-order chi connectivity index (χ1) is 14.2. The second-order valence-electron chi connectivity index (χ2n) is 6.87. The van der Waals surface area contributed by atoms with Crippen molar-refractivity contribution in [2.75, 3.05) is 32.1 Å². The zero-order valence-electron chi connectivity index (χ0n) is 16.8. The van der Waals surface area contributed by atoms with E-state index in [2.05, 4.69) is 26.9 Å². The van der Waals surface area contributed by atoms with Gasteiger partial charge in [0.25, 0.3) is 5.91 Å². The molecule has 0 atom stereocenters. The number of hydrogen-bond donors (Lipinski definition) is 2. The largest absolute Gasteiger partial charge is 0.497 e. The van der Waals surface area contributed by atoms with Crippen LogP contribution in [0.2, 0.25) is 0 Å². The molecule has 0 saturated carbocycles. The van der Waals surface area contributed by atoms with Crippen LogP contribution in [0.3, 0.4) is 0 Å². The summed E-state index contributed by atoms with van der Waals surface area (Å²) in [7, 11) is 1.62. The maximum Gasteiger partial charge on any atom is 0.271 e. The Hall–Kier alpha value is -3.09. The molecule has 0 spiro atoms. The molecule has 0 bridgehead atoms. The summed E-state index contributed by atoms with van der Waals surface area (Å²) in [6, 6.07) is 10.8. The van der Waals surface area contributed by atoms with E-state index in [1.54, 1.807) is 19.2 Å². The number of benzene rings is 1. The Labute approximate surface area is 171 Å². The highest BCUT2D eigenvalue weighted by atomic mass is 16.5. The fourth-order valence-electron chi connectivity index (χ4n) is 3.13. The van der Waals surface area contributed by atoms with Crippen LogP contribution in [0.1, 0.15) is 42.6 Å². The van der Waals surface area contributed by atoms with Crippen molar-refractivity contribution in [3.8, 4) is 11.5 Å². The van der Waals surface area contributed by atoms with Crippen molar-refractivity contribution in [3.63, 3.8) is 0 Å². The Morgan fingerprint density at radius 1 is 1.03 bits per heavy atom. The van der Waals surface area contributed by atoms with Crippen molar-refractivity contribution >= 4 is 11.7 Å². The number of anilines is 1. The van der Waals surface area contributed by atoms with Gasteiger partial charge in [0, 0.05) is 6.54 Å². The first-order valence-corrected chi connectivity index (χ1v) is 10.0. The van der Waals surface area contributed by atoms with Crippen LogP contribution in [0, 0.1) is 0 Å². The predicted molar refractivity (Wildman–Crippen MR) is 113 cm³/mol. The number of hydrogen-bond acceptors (Lipinski definition) is 6. The fraction of sp³-hybridized carbons (Fsp3) is 0.409. The van der Waals surface area contributed by atoms with E-state index in [0.717, 1.165) is 24.5 Å². The molecule has 1 aromatic carbocycles. The van der Waals surface area contributed by atoms with Crippen LogP contribution < -0.4 is 20.1 Å². The Morgan fingerprint density at radius 2 is 1.86 bits per heavy atom. The van der Waals surface area contributed by atoms with Crippen molar-refractivity contribution in [3.05, 3.63) is 53.7 Å². The second-order valence-corrected chi connectivity index (χ2v) is 6.87. The lowest BCUT2D eigenvalue weighted by Gasteiger charge is -2.13. The van der Waals surface area contributed by atoms with Gasteiger partial charge in [0.05, 0.1) is 13.7 Å². The van der Waals surface area contributed by atoms with E-state index in [-0.39, 0.29) is 11.6 Å². The number of carbonyl (C=O) groups is 1. The number of allylic oxidation sites excluding steroid dienone is 1. The maximum absolute atomic E-state index is 12.2. The molecule has 1 heterocycles. The highest BCUT2D eigenvalue weighted by molar-refractivity contribution is 5.92. The van der Waals surface area contributed by atoms with E-state index < -0.39 is 0 Å². The van der Waals surface area contributed by atoms with Crippen LogP contribution in [0.25, 0.3) is 0 Å². The summed E-state index contributed by atoms with van der Waals surface area (Å²) >= 11 is 0. The summed E-state index contributed by atoms with van der Waals surface area (Å²) in [6.07, 6.45) is 8.37. The van der Waals surface area contributed by atoms with Crippen LogP contribution in [0.15, 0.2) is 48.0 Å². The van der Waals surface area contributed by atoms with Crippen molar-refractivity contribution in [2.24, 2.45) is 0 Å². The molecule has 0 aliphatic heterocycles. The van der Waals surface area contributed by atoms with E-state index in [1.807, 2.05) is 24.3 Å². The molecule has 7 heteroatoms. The number of rotatable bonds is 10. The second kappa shape index (κ2) is 11.0. The lowest BCUT2D eigenvalue weighted by molar-refractivity contribution is 0.0941. The summed E-state index contributed by atoms with van der Waals surface area (Å²) in [5, 5.41) is 14.1. The molecule has 2 aromatic rings. The lowest BCUT2D eigenvalue weighted by atomic mass is 9.97. The average Bonchev–Trinajstić information content (AvgIpc) is 2.78. The quantitative estimate of drug-likeness (QED) is 0.471. The predicted octanol–water partition coefficient (Wildman–Crippen LogP) is 3.60. The molecular formula is C22H28N4O3. The molecule has 0 radical (unpaired) electrons. The van der Waals surface area contributed by atoms with Crippen LogP contribution in [-0.2, 0) is 0 Å². The molecule has 0 saturated heterocycles.